The van der Waals surface area contributed by atoms with Crippen molar-refractivity contribution >= 4 is 11.9 Å². The molecule has 0 spiro atoms. The first-order valence-corrected chi connectivity index (χ1v) is 6.44. The van der Waals surface area contributed by atoms with Gasteiger partial charge in [0.1, 0.15) is 0 Å². The number of hydrogen-bond acceptors (Lipinski definition) is 3. The molecule has 2 aliphatic rings. The fourth-order valence-corrected chi connectivity index (χ4v) is 2.34. The summed E-state index contributed by atoms with van der Waals surface area (Å²) in [7, 11) is 0. The number of nitrogens with one attached hydrogen (secondary N) is 1. The average Bonchev–Trinajstić information content (AvgIpc) is 3.14. The lowest BCUT2D eigenvalue weighted by molar-refractivity contribution is -0.139. The third kappa shape index (κ3) is 3.43. The van der Waals surface area contributed by atoms with Crippen LogP contribution in [0, 0.1) is 0 Å². The Morgan fingerprint density at radius 1 is 1.24 bits per heavy atom. The van der Waals surface area contributed by atoms with Crippen LogP contribution in [-0.2, 0) is 9.59 Å². The lowest BCUT2D eigenvalue weighted by Crippen LogP contribution is -2.49. The molecule has 1 atom stereocenters. The molecule has 0 aromatic carbocycles. The van der Waals surface area contributed by atoms with E-state index in [0.717, 1.165) is 38.6 Å². The molecule has 2 N–H and O–H groups in total. The minimum absolute atomic E-state index is 0.0506. The molecule has 2 fully saturated rings. The van der Waals surface area contributed by atoms with E-state index in [-0.39, 0.29) is 18.4 Å². The number of nitrogens with zero attached hydrogens (tertiary/aromatic N) is 1. The SMILES string of the molecule is O=C(O)CCN(C(=O)[C@@H]1CCCCN1)C1CC1. The van der Waals surface area contributed by atoms with E-state index < -0.39 is 5.97 Å². The summed E-state index contributed by atoms with van der Waals surface area (Å²) in [5.74, 6) is -0.728. The molecule has 0 unspecified atom stereocenters. The molecule has 5 heteroatoms. The first-order valence-electron chi connectivity index (χ1n) is 6.44. The molecule has 0 aromatic heterocycles. The van der Waals surface area contributed by atoms with Gasteiger partial charge in [-0.2, -0.15) is 0 Å². The minimum atomic E-state index is -0.833. The van der Waals surface area contributed by atoms with Crippen molar-refractivity contribution in [1.82, 2.24) is 10.2 Å². The van der Waals surface area contributed by atoms with Crippen LogP contribution in [0.25, 0.3) is 0 Å². The quantitative estimate of drug-likeness (QED) is 0.738. The highest BCUT2D eigenvalue weighted by molar-refractivity contribution is 5.83. The van der Waals surface area contributed by atoms with Gasteiger partial charge in [0.25, 0.3) is 0 Å². The molecular weight excluding hydrogens is 220 g/mol. The lowest BCUT2D eigenvalue weighted by Gasteiger charge is -2.29. The molecule has 1 heterocycles. The van der Waals surface area contributed by atoms with Crippen molar-refractivity contribution in [3.05, 3.63) is 0 Å². The van der Waals surface area contributed by atoms with Gasteiger partial charge >= 0.3 is 5.97 Å². The Morgan fingerprint density at radius 3 is 2.53 bits per heavy atom. The van der Waals surface area contributed by atoms with Gasteiger partial charge in [-0.15, -0.1) is 0 Å². The van der Waals surface area contributed by atoms with Crippen molar-refractivity contribution < 1.29 is 14.7 Å². The van der Waals surface area contributed by atoms with E-state index in [1.165, 1.54) is 0 Å². The fraction of sp³-hybridized carbons (Fsp3) is 0.833. The fourth-order valence-electron chi connectivity index (χ4n) is 2.34. The maximum Gasteiger partial charge on any atom is 0.305 e. The van der Waals surface area contributed by atoms with Crippen molar-refractivity contribution in [2.45, 2.75) is 50.6 Å². The summed E-state index contributed by atoms with van der Waals surface area (Å²) in [6, 6.07) is 0.212. The molecule has 1 saturated heterocycles. The first kappa shape index (κ1) is 12.4. The topological polar surface area (TPSA) is 69.6 Å². The largest absolute Gasteiger partial charge is 0.481 e. The predicted octanol–water partition coefficient (Wildman–Crippen LogP) is 0.594. The van der Waals surface area contributed by atoms with E-state index in [2.05, 4.69) is 5.32 Å². The number of aliphatic carboxylic acids is 1. The van der Waals surface area contributed by atoms with Gasteiger partial charge < -0.3 is 15.3 Å². The van der Waals surface area contributed by atoms with Crippen molar-refractivity contribution in [2.24, 2.45) is 0 Å². The predicted molar refractivity (Wildman–Crippen MR) is 62.6 cm³/mol. The van der Waals surface area contributed by atoms with E-state index >= 15 is 0 Å². The summed E-state index contributed by atoms with van der Waals surface area (Å²) in [5, 5.41) is 11.9. The Hall–Kier alpha value is -1.10. The van der Waals surface area contributed by atoms with Crippen LogP contribution in [0.15, 0.2) is 0 Å². The second-order valence-electron chi connectivity index (χ2n) is 4.91. The number of carboxylic acids is 1. The van der Waals surface area contributed by atoms with Crippen LogP contribution in [0.5, 0.6) is 0 Å². The third-order valence-corrected chi connectivity index (χ3v) is 3.45. The van der Waals surface area contributed by atoms with Gasteiger partial charge in [-0.05, 0) is 32.2 Å². The van der Waals surface area contributed by atoms with Crippen LogP contribution in [0.3, 0.4) is 0 Å². The Kier molecular flexibility index (Phi) is 3.99. The highest BCUT2D eigenvalue weighted by Crippen LogP contribution is 2.28. The molecule has 17 heavy (non-hydrogen) atoms. The lowest BCUT2D eigenvalue weighted by atomic mass is 10.0. The smallest absolute Gasteiger partial charge is 0.305 e. The summed E-state index contributed by atoms with van der Waals surface area (Å²) in [4.78, 5) is 24.6. The molecule has 1 aliphatic carbocycles. The number of rotatable bonds is 5. The second kappa shape index (κ2) is 5.49. The van der Waals surface area contributed by atoms with E-state index in [9.17, 15) is 9.59 Å². The maximum absolute atomic E-state index is 12.3. The van der Waals surface area contributed by atoms with Gasteiger partial charge in [0, 0.05) is 12.6 Å². The summed E-state index contributed by atoms with van der Waals surface area (Å²) < 4.78 is 0. The van der Waals surface area contributed by atoms with E-state index in [1.807, 2.05) is 0 Å². The summed E-state index contributed by atoms with van der Waals surface area (Å²) >= 11 is 0. The highest BCUT2D eigenvalue weighted by Gasteiger charge is 2.36. The Balaban J connectivity index is 1.89. The summed E-state index contributed by atoms with van der Waals surface area (Å²) in [5.41, 5.74) is 0. The van der Waals surface area contributed by atoms with Crippen LogP contribution < -0.4 is 5.32 Å². The molecule has 5 nitrogen and oxygen atoms in total. The van der Waals surface area contributed by atoms with Crippen LogP contribution in [0.1, 0.15) is 38.5 Å². The molecule has 1 saturated carbocycles. The number of carbonyl (C=O) groups excluding carboxylic acids is 1. The molecule has 0 radical (unpaired) electrons. The number of amides is 1. The Labute approximate surface area is 101 Å². The van der Waals surface area contributed by atoms with Crippen molar-refractivity contribution in [2.75, 3.05) is 13.1 Å². The van der Waals surface area contributed by atoms with Gasteiger partial charge in [-0.25, -0.2) is 0 Å². The first-order chi connectivity index (χ1) is 8.18. The van der Waals surface area contributed by atoms with Crippen LogP contribution in [-0.4, -0.2) is 47.1 Å². The molecular formula is C12H20N2O3. The number of carboxylic acid groups (broad SMARTS) is 1. The van der Waals surface area contributed by atoms with E-state index in [0.29, 0.717) is 12.6 Å². The number of carbonyl (C=O) groups is 2. The zero-order chi connectivity index (χ0) is 12.3. The molecule has 0 bridgehead atoms. The number of piperidine rings is 1. The summed E-state index contributed by atoms with van der Waals surface area (Å²) in [6.07, 6.45) is 5.20. The van der Waals surface area contributed by atoms with Crippen molar-refractivity contribution in [3.8, 4) is 0 Å². The molecule has 0 aromatic rings. The number of hydrogen-bond donors (Lipinski definition) is 2. The van der Waals surface area contributed by atoms with E-state index in [4.69, 9.17) is 5.11 Å². The Bertz CT molecular complexity index is 296. The van der Waals surface area contributed by atoms with Crippen LogP contribution in [0.4, 0.5) is 0 Å². The standard InChI is InChI=1S/C12H20N2O3/c15-11(16)6-8-14(9-4-5-9)12(17)10-3-1-2-7-13-10/h9-10,13H,1-8H2,(H,15,16)/t10-/m0/s1. The van der Waals surface area contributed by atoms with Gasteiger partial charge in [-0.1, -0.05) is 6.42 Å². The maximum atomic E-state index is 12.3. The van der Waals surface area contributed by atoms with Gasteiger partial charge in [0.05, 0.1) is 12.5 Å². The summed E-state index contributed by atoms with van der Waals surface area (Å²) in [6.45, 7) is 1.25. The van der Waals surface area contributed by atoms with Crippen molar-refractivity contribution in [1.29, 1.82) is 0 Å². The molecule has 1 amide bonds. The van der Waals surface area contributed by atoms with E-state index in [1.54, 1.807) is 4.90 Å². The monoisotopic (exact) mass is 240 g/mol. The normalized spacial score (nSPS) is 24.4. The molecule has 2 rings (SSSR count). The average molecular weight is 240 g/mol. The highest BCUT2D eigenvalue weighted by atomic mass is 16.4. The second-order valence-corrected chi connectivity index (χ2v) is 4.91. The van der Waals surface area contributed by atoms with Gasteiger partial charge in [-0.3, -0.25) is 9.59 Å². The minimum Gasteiger partial charge on any atom is -0.481 e. The zero-order valence-electron chi connectivity index (χ0n) is 10.0. The third-order valence-electron chi connectivity index (χ3n) is 3.45. The van der Waals surface area contributed by atoms with Crippen LogP contribution >= 0.6 is 0 Å². The zero-order valence-corrected chi connectivity index (χ0v) is 10.0. The van der Waals surface area contributed by atoms with Crippen LogP contribution in [0.2, 0.25) is 0 Å². The van der Waals surface area contributed by atoms with Crippen molar-refractivity contribution in [3.63, 3.8) is 0 Å². The van der Waals surface area contributed by atoms with Gasteiger partial charge in [0.2, 0.25) is 5.91 Å². The Morgan fingerprint density at radius 2 is 2.00 bits per heavy atom. The molecule has 96 valence electrons. The molecule has 1 aliphatic heterocycles. The van der Waals surface area contributed by atoms with Gasteiger partial charge in [0.15, 0.2) is 0 Å².